The van der Waals surface area contributed by atoms with Crippen LogP contribution < -0.4 is 15.5 Å². The first-order valence-electron chi connectivity index (χ1n) is 20.6. The van der Waals surface area contributed by atoms with Crippen molar-refractivity contribution < 1.29 is 0 Å². The van der Waals surface area contributed by atoms with Gasteiger partial charge in [-0.05, 0) is 100 Å². The van der Waals surface area contributed by atoms with E-state index in [4.69, 9.17) is 0 Å². The smallest absolute Gasteiger partial charge is 0.0534 e. The maximum absolute atomic E-state index is 4.46. The Balaban J connectivity index is 1.26. The Morgan fingerprint density at radius 3 is 1.94 bits per heavy atom. The molecule has 6 rings (SSSR count). The first kappa shape index (κ1) is 44.2. The average molecular weight is 816 g/mol. The lowest BCUT2D eigenvalue weighted by Crippen LogP contribution is -2.24. The summed E-state index contributed by atoms with van der Waals surface area (Å²) < 4.78 is 4.29. The van der Waals surface area contributed by atoms with Crippen molar-refractivity contribution in [3.05, 3.63) is 291 Å². The Kier molecular flexibility index (Phi) is 14.9. The number of hydrogen-bond donors (Lipinski definition) is 0. The highest BCUT2D eigenvalue weighted by Gasteiger charge is 2.11. The van der Waals surface area contributed by atoms with Gasteiger partial charge in [-0.25, -0.2) is 0 Å². The second-order valence-corrected chi connectivity index (χ2v) is 14.5. The molecule has 0 unspecified atom stereocenters. The van der Waals surface area contributed by atoms with Gasteiger partial charge in [-0.15, -0.1) is 0 Å². The molecular weight excluding hydrogens is 763 g/mol. The first-order valence-corrected chi connectivity index (χ1v) is 20.6. The minimum atomic E-state index is 0.735. The number of hydrogen-bond acceptors (Lipinski definition) is 1. The van der Waals surface area contributed by atoms with Crippen molar-refractivity contribution in [1.82, 2.24) is 9.13 Å². The lowest BCUT2D eigenvalue weighted by atomic mass is 10.0. The van der Waals surface area contributed by atoms with Crippen LogP contribution in [0.15, 0.2) is 264 Å². The van der Waals surface area contributed by atoms with Crippen molar-refractivity contribution in [2.24, 2.45) is 0 Å². The fourth-order valence-electron chi connectivity index (χ4n) is 7.26. The number of nitrogens with zero attached hydrogens (tertiary/aromatic N) is 3. The first-order chi connectivity index (χ1) is 30.7. The van der Waals surface area contributed by atoms with Gasteiger partial charge in [0.25, 0.3) is 0 Å². The van der Waals surface area contributed by atoms with Gasteiger partial charge in [0.2, 0.25) is 0 Å². The third-order valence-electron chi connectivity index (χ3n) is 10.5. The number of para-hydroxylation sites is 2. The lowest BCUT2D eigenvalue weighted by molar-refractivity contribution is 1.15. The number of anilines is 1. The highest BCUT2D eigenvalue weighted by Crippen LogP contribution is 2.28. The van der Waals surface area contributed by atoms with Gasteiger partial charge in [0.1, 0.15) is 0 Å². The predicted octanol–water partition coefficient (Wildman–Crippen LogP) is 14.4. The van der Waals surface area contributed by atoms with Crippen molar-refractivity contribution in [1.29, 1.82) is 0 Å². The SMILES string of the molecule is C=CC=C(C=C)c1ccc(N(C=CC=C(C=C)c2ccccc2)C(=C)C=CC(=C)C(=C)C=Cc2cc3ccccc3n2C(C=C)=CC=Cn2c(=C)c(=CC=C)c3ccccc32)cc1. The van der Waals surface area contributed by atoms with Crippen LogP contribution in [0.3, 0.4) is 0 Å². The molecule has 0 atom stereocenters. The Hall–Kier alpha value is -8.40. The Morgan fingerprint density at radius 1 is 0.587 bits per heavy atom. The standard InChI is InChI=1S/C60H53N3/c1-10-24-49(12-3)52-37-40-55(41-38-52)61(42-22-29-50(13-4)51-26-16-15-17-27-51)47(8)36-34-45(6)46(7)35-39-56-44-53-28-18-20-32-59(53)63(56)54(14-5)30-23-43-62-48(9)57(25-11-2)58-31-19-21-33-60(58)62/h10-44H,1-9H2. The van der Waals surface area contributed by atoms with Crippen molar-refractivity contribution in [2.75, 3.05) is 4.90 Å². The van der Waals surface area contributed by atoms with Crippen molar-refractivity contribution in [2.45, 2.75) is 0 Å². The number of fused-ring (bicyclic) bond motifs is 2. The molecule has 0 radical (unpaired) electrons. The van der Waals surface area contributed by atoms with Gasteiger partial charge < -0.3 is 14.0 Å². The molecule has 2 heterocycles. The quantitative estimate of drug-likeness (QED) is 0.0742. The van der Waals surface area contributed by atoms with Crippen LogP contribution in [0.25, 0.3) is 63.6 Å². The summed E-state index contributed by atoms with van der Waals surface area (Å²) >= 11 is 0. The molecule has 63 heavy (non-hydrogen) atoms. The summed E-state index contributed by atoms with van der Waals surface area (Å²) in [5.41, 5.74) is 11.3. The Labute approximate surface area is 373 Å². The summed E-state index contributed by atoms with van der Waals surface area (Å²) in [7, 11) is 0. The lowest BCUT2D eigenvalue weighted by Gasteiger charge is -2.21. The summed E-state index contributed by atoms with van der Waals surface area (Å²) in [6, 6.07) is 37.2. The molecule has 0 aliphatic rings. The van der Waals surface area contributed by atoms with Crippen LogP contribution in [0.1, 0.15) is 16.8 Å². The molecule has 0 aliphatic heterocycles. The van der Waals surface area contributed by atoms with Crippen LogP contribution in [0.5, 0.6) is 0 Å². The molecule has 308 valence electrons. The number of allylic oxidation sites excluding steroid dienone is 18. The van der Waals surface area contributed by atoms with Gasteiger partial charge in [-0.3, -0.25) is 0 Å². The molecule has 0 saturated heterocycles. The van der Waals surface area contributed by atoms with Crippen molar-refractivity contribution in [3.63, 3.8) is 0 Å². The fraction of sp³-hybridized carbons (Fsp3) is 0. The predicted molar refractivity (Wildman–Crippen MR) is 280 cm³/mol. The molecule has 4 aromatic carbocycles. The van der Waals surface area contributed by atoms with E-state index in [0.717, 1.165) is 88.6 Å². The molecule has 2 aromatic heterocycles. The van der Waals surface area contributed by atoms with Gasteiger partial charge in [0.15, 0.2) is 0 Å². The summed E-state index contributed by atoms with van der Waals surface area (Å²) in [6.07, 6.45) is 33.2. The van der Waals surface area contributed by atoms with E-state index in [1.54, 1.807) is 12.2 Å². The average Bonchev–Trinajstić information content (AvgIpc) is 3.81. The molecule has 0 N–H and O–H groups in total. The van der Waals surface area contributed by atoms with E-state index in [1.807, 2.05) is 127 Å². The van der Waals surface area contributed by atoms with Crippen LogP contribution in [-0.4, -0.2) is 9.13 Å². The Morgan fingerprint density at radius 2 is 1.24 bits per heavy atom. The fourth-order valence-corrected chi connectivity index (χ4v) is 7.26. The van der Waals surface area contributed by atoms with Crippen molar-refractivity contribution in [3.8, 4) is 0 Å². The maximum atomic E-state index is 4.46. The largest absolute Gasteiger partial charge is 0.318 e. The molecule has 0 amide bonds. The van der Waals surface area contributed by atoms with Gasteiger partial charge in [0, 0.05) is 56.5 Å². The van der Waals surface area contributed by atoms with E-state index in [-0.39, 0.29) is 0 Å². The van der Waals surface area contributed by atoms with Gasteiger partial charge in [-0.2, -0.15) is 0 Å². The van der Waals surface area contributed by atoms with Gasteiger partial charge >= 0.3 is 0 Å². The normalized spacial score (nSPS) is 12.8. The van der Waals surface area contributed by atoms with Gasteiger partial charge in [0.05, 0.1) is 11.0 Å². The summed E-state index contributed by atoms with van der Waals surface area (Å²) in [5.74, 6) is 0. The molecule has 0 bridgehead atoms. The highest BCUT2D eigenvalue weighted by atomic mass is 15.1. The zero-order valence-corrected chi connectivity index (χ0v) is 35.9. The second kappa shape index (κ2) is 21.2. The van der Waals surface area contributed by atoms with E-state index in [1.165, 1.54) is 0 Å². The van der Waals surface area contributed by atoms with Crippen molar-refractivity contribution >= 4 is 69.3 Å². The monoisotopic (exact) mass is 815 g/mol. The molecule has 3 nitrogen and oxygen atoms in total. The highest BCUT2D eigenvalue weighted by molar-refractivity contribution is 5.89. The van der Waals surface area contributed by atoms with Crippen LogP contribution in [0, 0.1) is 0 Å². The maximum Gasteiger partial charge on any atom is 0.0534 e. The summed E-state index contributed by atoms with van der Waals surface area (Å²) in [6.45, 7) is 37.5. The van der Waals surface area contributed by atoms with Crippen LogP contribution in [-0.2, 0) is 0 Å². The molecule has 0 aliphatic carbocycles. The number of benzene rings is 4. The van der Waals surface area contributed by atoms with E-state index in [9.17, 15) is 0 Å². The molecular formula is C60H53N3. The zero-order chi connectivity index (χ0) is 44.7. The molecule has 3 heteroatoms. The third kappa shape index (κ3) is 10.3. The van der Waals surface area contributed by atoms with E-state index < -0.39 is 0 Å². The van der Waals surface area contributed by atoms with Crippen LogP contribution in [0.4, 0.5) is 5.69 Å². The Bertz CT molecular complexity index is 3080. The van der Waals surface area contributed by atoms with E-state index >= 15 is 0 Å². The van der Waals surface area contributed by atoms with E-state index in [2.05, 4.69) is 147 Å². The summed E-state index contributed by atoms with van der Waals surface area (Å²) in [5, 5.41) is 4.17. The molecule has 0 fully saturated rings. The second-order valence-electron chi connectivity index (χ2n) is 14.5. The van der Waals surface area contributed by atoms with E-state index in [0.29, 0.717) is 0 Å². The number of aromatic nitrogens is 2. The van der Waals surface area contributed by atoms with Gasteiger partial charge in [-0.1, -0.05) is 193 Å². The number of rotatable bonds is 19. The van der Waals surface area contributed by atoms with Crippen LogP contribution >= 0.6 is 0 Å². The topological polar surface area (TPSA) is 13.1 Å². The minimum absolute atomic E-state index is 0.735. The third-order valence-corrected chi connectivity index (χ3v) is 10.5. The molecule has 0 saturated carbocycles. The molecule has 0 spiro atoms. The zero-order valence-electron chi connectivity index (χ0n) is 35.9. The minimum Gasteiger partial charge on any atom is -0.318 e. The summed E-state index contributed by atoms with van der Waals surface area (Å²) in [4.78, 5) is 2.03. The van der Waals surface area contributed by atoms with Crippen LogP contribution in [0.2, 0.25) is 0 Å². The molecule has 6 aromatic rings.